The zero-order valence-electron chi connectivity index (χ0n) is 10.4. The van der Waals surface area contributed by atoms with Gasteiger partial charge in [0.2, 0.25) is 0 Å². The average Bonchev–Trinajstić information content (AvgIpc) is 2.77. The monoisotopic (exact) mass is 264 g/mol. The molecule has 2 rings (SSSR count). The highest BCUT2D eigenvalue weighted by molar-refractivity contribution is 6.31. The molecule has 1 unspecified atom stereocenters. The normalized spacial score (nSPS) is 12.6. The van der Waals surface area contributed by atoms with Gasteiger partial charge in [-0.1, -0.05) is 29.8 Å². The molecule has 0 aliphatic heterocycles. The predicted octanol–water partition coefficient (Wildman–Crippen LogP) is 1.83. The molecule has 2 aromatic rings. The van der Waals surface area contributed by atoms with E-state index in [2.05, 4.69) is 10.1 Å². The molecule has 0 fully saturated rings. The fraction of sp³-hybridized carbons (Fsp3) is 0.385. The molecule has 1 aromatic heterocycles. The van der Waals surface area contributed by atoms with Gasteiger partial charge in [-0.25, -0.2) is 4.98 Å². The highest BCUT2D eigenvalue weighted by Gasteiger charge is 2.13. The van der Waals surface area contributed by atoms with E-state index >= 15 is 0 Å². The van der Waals surface area contributed by atoms with Crippen molar-refractivity contribution in [2.75, 3.05) is 6.54 Å². The van der Waals surface area contributed by atoms with Crippen LogP contribution in [0.4, 0.5) is 0 Å². The zero-order valence-corrected chi connectivity index (χ0v) is 11.1. The Labute approximate surface area is 112 Å². The number of hydrogen-bond donors (Lipinski definition) is 1. The Bertz CT molecular complexity index is 509. The Kier molecular flexibility index (Phi) is 4.33. The third kappa shape index (κ3) is 3.09. The molecule has 2 N–H and O–H groups in total. The van der Waals surface area contributed by atoms with Crippen molar-refractivity contribution in [2.24, 2.45) is 18.7 Å². The molecule has 0 spiro atoms. The lowest BCUT2D eigenvalue weighted by Crippen LogP contribution is -2.21. The van der Waals surface area contributed by atoms with Crippen molar-refractivity contribution in [2.45, 2.75) is 12.8 Å². The van der Waals surface area contributed by atoms with E-state index in [1.165, 1.54) is 0 Å². The second-order valence-corrected chi connectivity index (χ2v) is 4.81. The van der Waals surface area contributed by atoms with Gasteiger partial charge in [0.25, 0.3) is 0 Å². The largest absolute Gasteiger partial charge is 0.330 e. The van der Waals surface area contributed by atoms with Gasteiger partial charge in [-0.2, -0.15) is 5.10 Å². The number of nitrogens with two attached hydrogens (primary N) is 1. The van der Waals surface area contributed by atoms with E-state index in [1.54, 1.807) is 11.0 Å². The van der Waals surface area contributed by atoms with Gasteiger partial charge in [-0.05, 0) is 30.5 Å². The van der Waals surface area contributed by atoms with Crippen LogP contribution in [0.2, 0.25) is 5.02 Å². The van der Waals surface area contributed by atoms with Crippen molar-refractivity contribution >= 4 is 11.6 Å². The van der Waals surface area contributed by atoms with Crippen molar-refractivity contribution in [1.29, 1.82) is 0 Å². The molecule has 0 radical (unpaired) electrons. The molecule has 0 saturated carbocycles. The molecule has 0 saturated heterocycles. The van der Waals surface area contributed by atoms with E-state index in [0.717, 1.165) is 29.3 Å². The van der Waals surface area contributed by atoms with Gasteiger partial charge >= 0.3 is 0 Å². The molecule has 4 nitrogen and oxygen atoms in total. The van der Waals surface area contributed by atoms with Gasteiger partial charge in [0.05, 0.1) is 0 Å². The summed E-state index contributed by atoms with van der Waals surface area (Å²) in [5.74, 6) is 1.28. The number of aromatic nitrogens is 3. The number of hydrogen-bond acceptors (Lipinski definition) is 3. The minimum absolute atomic E-state index is 0.327. The van der Waals surface area contributed by atoms with E-state index in [4.69, 9.17) is 17.3 Å². The topological polar surface area (TPSA) is 56.7 Å². The highest BCUT2D eigenvalue weighted by atomic mass is 35.5. The van der Waals surface area contributed by atoms with Crippen molar-refractivity contribution in [3.8, 4) is 0 Å². The summed E-state index contributed by atoms with van der Waals surface area (Å²) in [5, 5.41) is 4.87. The summed E-state index contributed by atoms with van der Waals surface area (Å²) in [7, 11) is 1.89. The molecule has 1 atom stereocenters. The Morgan fingerprint density at radius 2 is 2.11 bits per heavy atom. The number of halogens is 1. The van der Waals surface area contributed by atoms with Gasteiger partial charge in [0.1, 0.15) is 12.2 Å². The Morgan fingerprint density at radius 3 is 2.72 bits per heavy atom. The average molecular weight is 265 g/mol. The lowest BCUT2D eigenvalue weighted by atomic mass is 9.96. The number of aryl methyl sites for hydroxylation is 1. The van der Waals surface area contributed by atoms with Crippen LogP contribution in [0.25, 0.3) is 0 Å². The third-order valence-electron chi connectivity index (χ3n) is 3.08. The summed E-state index contributed by atoms with van der Waals surface area (Å²) in [5.41, 5.74) is 6.97. The molecular formula is C13H17ClN4. The first-order valence-corrected chi connectivity index (χ1v) is 6.35. The van der Waals surface area contributed by atoms with Crippen molar-refractivity contribution in [3.05, 3.63) is 47.0 Å². The standard InChI is InChI=1S/C13H17ClN4/c1-18-13(16-9-17-18)7-10(8-15)6-11-4-2-3-5-12(11)14/h2-5,9-10H,6-8,15H2,1H3. The smallest absolute Gasteiger partial charge is 0.138 e. The van der Waals surface area contributed by atoms with Crippen LogP contribution in [0.3, 0.4) is 0 Å². The molecule has 1 heterocycles. The van der Waals surface area contributed by atoms with Crippen LogP contribution in [0, 0.1) is 5.92 Å². The van der Waals surface area contributed by atoms with Gasteiger partial charge in [-0.15, -0.1) is 0 Å². The maximum atomic E-state index is 6.16. The van der Waals surface area contributed by atoms with Gasteiger partial charge in [-0.3, -0.25) is 4.68 Å². The van der Waals surface area contributed by atoms with Gasteiger partial charge in [0.15, 0.2) is 0 Å². The SMILES string of the molecule is Cn1ncnc1CC(CN)Cc1ccccc1Cl. The van der Waals surface area contributed by atoms with Crippen molar-refractivity contribution < 1.29 is 0 Å². The van der Waals surface area contributed by atoms with E-state index in [0.29, 0.717) is 12.5 Å². The van der Waals surface area contributed by atoms with Gasteiger partial charge in [0, 0.05) is 18.5 Å². The summed E-state index contributed by atoms with van der Waals surface area (Å²) >= 11 is 6.16. The highest BCUT2D eigenvalue weighted by Crippen LogP contribution is 2.20. The second-order valence-electron chi connectivity index (χ2n) is 4.40. The maximum absolute atomic E-state index is 6.16. The molecule has 18 heavy (non-hydrogen) atoms. The molecule has 96 valence electrons. The summed E-state index contributed by atoms with van der Waals surface area (Å²) < 4.78 is 1.79. The van der Waals surface area contributed by atoms with E-state index < -0.39 is 0 Å². The van der Waals surface area contributed by atoms with E-state index in [-0.39, 0.29) is 0 Å². The lowest BCUT2D eigenvalue weighted by molar-refractivity contribution is 0.503. The zero-order chi connectivity index (χ0) is 13.0. The minimum Gasteiger partial charge on any atom is -0.330 e. The first-order chi connectivity index (χ1) is 8.70. The summed E-state index contributed by atoms with van der Waals surface area (Å²) in [6.07, 6.45) is 3.25. The van der Waals surface area contributed by atoms with Crippen molar-refractivity contribution in [1.82, 2.24) is 14.8 Å². The molecule has 0 aliphatic rings. The number of rotatable bonds is 5. The predicted molar refractivity (Wildman–Crippen MR) is 72.4 cm³/mol. The van der Waals surface area contributed by atoms with E-state index in [9.17, 15) is 0 Å². The Morgan fingerprint density at radius 1 is 1.33 bits per heavy atom. The second kappa shape index (κ2) is 5.98. The van der Waals surface area contributed by atoms with Crippen molar-refractivity contribution in [3.63, 3.8) is 0 Å². The summed E-state index contributed by atoms with van der Waals surface area (Å²) in [4.78, 5) is 4.23. The quantitative estimate of drug-likeness (QED) is 0.896. The first-order valence-electron chi connectivity index (χ1n) is 5.97. The van der Waals surface area contributed by atoms with Crippen LogP contribution in [0.1, 0.15) is 11.4 Å². The number of benzene rings is 1. The molecular weight excluding hydrogens is 248 g/mol. The fourth-order valence-electron chi connectivity index (χ4n) is 1.98. The summed E-state index contributed by atoms with van der Waals surface area (Å²) in [6.45, 7) is 0.609. The minimum atomic E-state index is 0.327. The van der Waals surface area contributed by atoms with Crippen LogP contribution in [0.15, 0.2) is 30.6 Å². The molecule has 1 aromatic carbocycles. The molecule has 5 heteroatoms. The first kappa shape index (κ1) is 13.1. The molecule has 0 aliphatic carbocycles. The number of nitrogens with zero attached hydrogens (tertiary/aromatic N) is 3. The van der Waals surface area contributed by atoms with E-state index in [1.807, 2.05) is 31.3 Å². The van der Waals surface area contributed by atoms with Crippen LogP contribution < -0.4 is 5.73 Å². The molecule has 0 bridgehead atoms. The fourth-order valence-corrected chi connectivity index (χ4v) is 2.19. The third-order valence-corrected chi connectivity index (χ3v) is 3.44. The molecule has 0 amide bonds. The van der Waals surface area contributed by atoms with Crippen LogP contribution in [0.5, 0.6) is 0 Å². The van der Waals surface area contributed by atoms with Gasteiger partial charge < -0.3 is 5.73 Å². The van der Waals surface area contributed by atoms with Crippen LogP contribution >= 0.6 is 11.6 Å². The van der Waals surface area contributed by atoms with Crippen LogP contribution in [-0.4, -0.2) is 21.3 Å². The Hall–Kier alpha value is -1.39. The lowest BCUT2D eigenvalue weighted by Gasteiger charge is -2.15. The van der Waals surface area contributed by atoms with Crippen LogP contribution in [-0.2, 0) is 19.9 Å². The summed E-state index contributed by atoms with van der Waals surface area (Å²) in [6, 6.07) is 7.89. The Balaban J connectivity index is 2.06. The maximum Gasteiger partial charge on any atom is 0.138 e.